The van der Waals surface area contributed by atoms with Gasteiger partial charge in [0.05, 0.1) is 6.54 Å². The van der Waals surface area contributed by atoms with Crippen molar-refractivity contribution >= 4 is 20.5 Å². The lowest BCUT2D eigenvalue weighted by atomic mass is 10.3. The first-order chi connectivity index (χ1) is 12.2. The maximum atomic E-state index is 13.9. The number of halogens is 5. The Bertz CT molecular complexity index is 621. The molecule has 148 valence electrons. The predicted molar refractivity (Wildman–Crippen MR) is 83.9 cm³/mol. The fraction of sp³-hybridized carbons (Fsp3) is 0.500. The molecule has 26 heavy (non-hydrogen) atoms. The molecule has 0 saturated carbocycles. The molecule has 0 saturated heterocycles. The van der Waals surface area contributed by atoms with E-state index in [4.69, 9.17) is 13.3 Å². The highest BCUT2D eigenvalue weighted by Gasteiger charge is 2.38. The van der Waals surface area contributed by atoms with Gasteiger partial charge in [-0.3, -0.25) is 0 Å². The smallest absolute Gasteiger partial charge is 0.377 e. The SMILES string of the molecule is CCO[Si](CCCN(F)C(=O)N(F)c1ccc(F)c(F)c1F)(OC)OC. The van der Waals surface area contributed by atoms with Gasteiger partial charge >= 0.3 is 14.8 Å². The Hall–Kier alpha value is -1.76. The average molecular weight is 402 g/mol. The molecule has 0 aliphatic heterocycles. The summed E-state index contributed by atoms with van der Waals surface area (Å²) in [6, 6.07) is -0.876. The minimum atomic E-state index is -3.02. The molecule has 0 aliphatic carbocycles. The molecule has 0 fully saturated rings. The van der Waals surface area contributed by atoms with Crippen LogP contribution in [0.15, 0.2) is 12.1 Å². The number of carbonyl (C=O) groups excluding carboxylic acids is 1. The van der Waals surface area contributed by atoms with Gasteiger partial charge < -0.3 is 13.3 Å². The average Bonchev–Trinajstić information content (AvgIpc) is 2.64. The summed E-state index contributed by atoms with van der Waals surface area (Å²) in [6.07, 6.45) is -0.00968. The molecule has 12 heteroatoms. The monoisotopic (exact) mass is 402 g/mol. The van der Waals surface area contributed by atoms with E-state index in [2.05, 4.69) is 0 Å². The highest BCUT2D eigenvalue weighted by molar-refractivity contribution is 6.60. The van der Waals surface area contributed by atoms with E-state index in [1.165, 1.54) is 14.2 Å². The van der Waals surface area contributed by atoms with Crippen molar-refractivity contribution in [3.8, 4) is 0 Å². The number of nitrogens with zero attached hydrogens (tertiary/aromatic N) is 2. The number of urea groups is 1. The minimum Gasteiger partial charge on any atom is -0.377 e. The van der Waals surface area contributed by atoms with Gasteiger partial charge in [0.15, 0.2) is 17.5 Å². The van der Waals surface area contributed by atoms with Crippen molar-refractivity contribution in [3.63, 3.8) is 0 Å². The largest absolute Gasteiger partial charge is 0.500 e. The summed E-state index contributed by atoms with van der Waals surface area (Å²) in [5.74, 6) is -5.49. The minimum absolute atomic E-state index is 0.00968. The lowest BCUT2D eigenvalue weighted by molar-refractivity contribution is 0.0593. The van der Waals surface area contributed by atoms with Crippen LogP contribution in [-0.4, -0.2) is 47.3 Å². The van der Waals surface area contributed by atoms with Crippen LogP contribution in [0.2, 0.25) is 6.04 Å². The molecule has 0 radical (unpaired) electrons. The molecule has 0 spiro atoms. The van der Waals surface area contributed by atoms with Gasteiger partial charge in [-0.25, -0.2) is 18.0 Å². The van der Waals surface area contributed by atoms with Crippen LogP contribution < -0.4 is 5.12 Å². The Balaban J connectivity index is 2.71. The van der Waals surface area contributed by atoms with E-state index >= 15 is 0 Å². The van der Waals surface area contributed by atoms with Crippen molar-refractivity contribution in [1.29, 1.82) is 0 Å². The Morgan fingerprint density at radius 1 is 1.12 bits per heavy atom. The summed E-state index contributed by atoms with van der Waals surface area (Å²) in [4.78, 5) is 11.6. The molecular weight excluding hydrogens is 383 g/mol. The van der Waals surface area contributed by atoms with Gasteiger partial charge in [-0.15, -0.1) is 5.12 Å². The molecule has 0 N–H and O–H groups in total. The van der Waals surface area contributed by atoms with Gasteiger partial charge in [-0.1, -0.05) is 8.96 Å². The molecule has 0 unspecified atom stereocenters. The lowest BCUT2D eigenvalue weighted by Crippen LogP contribution is -2.44. The molecule has 0 aromatic heterocycles. The predicted octanol–water partition coefficient (Wildman–Crippen LogP) is 3.76. The highest BCUT2D eigenvalue weighted by Crippen LogP contribution is 2.25. The Morgan fingerprint density at radius 3 is 2.27 bits per heavy atom. The molecule has 1 aromatic carbocycles. The topological polar surface area (TPSA) is 51.2 Å². The first kappa shape index (κ1) is 22.3. The van der Waals surface area contributed by atoms with Gasteiger partial charge in [-0.2, -0.15) is 5.12 Å². The third kappa shape index (κ3) is 5.12. The standard InChI is InChI=1S/C14H19F5N2O4Si/c1-4-25-26(23-2,24-3)9-5-8-20(18)14(22)21(19)11-7-6-10(15)12(16)13(11)17/h6-7H,4-5,8-9H2,1-3H3. The van der Waals surface area contributed by atoms with E-state index < -0.39 is 54.8 Å². The number of hydrogen-bond acceptors (Lipinski definition) is 4. The Kier molecular flexibility index (Phi) is 8.40. The molecule has 0 atom stereocenters. The zero-order valence-electron chi connectivity index (χ0n) is 14.4. The maximum Gasteiger partial charge on any atom is 0.500 e. The number of benzene rings is 1. The van der Waals surface area contributed by atoms with Gasteiger partial charge in [0.1, 0.15) is 5.69 Å². The first-order valence-corrected chi connectivity index (χ1v) is 9.47. The zero-order chi connectivity index (χ0) is 19.9. The fourth-order valence-corrected chi connectivity index (χ4v) is 4.08. The number of hydrogen-bond donors (Lipinski definition) is 0. The Labute approximate surface area is 148 Å². The summed E-state index contributed by atoms with van der Waals surface area (Å²) >= 11 is 0. The van der Waals surface area contributed by atoms with Gasteiger partial charge in [0.2, 0.25) is 0 Å². The zero-order valence-corrected chi connectivity index (χ0v) is 15.4. The molecule has 1 rings (SSSR count). The van der Waals surface area contributed by atoms with Crippen molar-refractivity contribution in [2.75, 3.05) is 32.5 Å². The summed E-state index contributed by atoms with van der Waals surface area (Å²) in [5, 5.41) is -1.48. The van der Waals surface area contributed by atoms with Crippen LogP contribution in [0.3, 0.4) is 0 Å². The lowest BCUT2D eigenvalue weighted by Gasteiger charge is -2.26. The molecular formula is C14H19F5N2O4Si. The van der Waals surface area contributed by atoms with Gasteiger partial charge in [0.25, 0.3) is 0 Å². The third-order valence-electron chi connectivity index (χ3n) is 3.43. The first-order valence-electron chi connectivity index (χ1n) is 7.54. The number of carbonyl (C=O) groups is 1. The second-order valence-corrected chi connectivity index (χ2v) is 7.94. The second kappa shape index (κ2) is 9.80. The maximum absolute atomic E-state index is 13.9. The fourth-order valence-electron chi connectivity index (χ4n) is 2.09. The molecule has 2 amide bonds. The van der Waals surface area contributed by atoms with Crippen LogP contribution in [0.1, 0.15) is 13.3 Å². The molecule has 1 aromatic rings. The van der Waals surface area contributed by atoms with Crippen molar-refractivity contribution in [3.05, 3.63) is 29.6 Å². The molecule has 6 nitrogen and oxygen atoms in total. The van der Waals surface area contributed by atoms with E-state index in [0.29, 0.717) is 18.7 Å². The highest BCUT2D eigenvalue weighted by atomic mass is 28.4. The van der Waals surface area contributed by atoms with Crippen molar-refractivity contribution < 1.29 is 40.2 Å². The third-order valence-corrected chi connectivity index (χ3v) is 6.36. The van der Waals surface area contributed by atoms with Crippen LogP contribution >= 0.6 is 0 Å². The Morgan fingerprint density at radius 2 is 1.73 bits per heavy atom. The summed E-state index contributed by atoms with van der Waals surface area (Å²) < 4.78 is 82.9. The van der Waals surface area contributed by atoms with Crippen LogP contribution in [0.5, 0.6) is 0 Å². The number of anilines is 1. The van der Waals surface area contributed by atoms with E-state index in [-0.39, 0.29) is 12.5 Å². The van der Waals surface area contributed by atoms with Crippen molar-refractivity contribution in [2.45, 2.75) is 19.4 Å². The van der Waals surface area contributed by atoms with Crippen molar-refractivity contribution in [1.82, 2.24) is 5.12 Å². The van der Waals surface area contributed by atoms with Crippen LogP contribution in [-0.2, 0) is 13.3 Å². The normalized spacial score (nSPS) is 11.5. The summed E-state index contributed by atoms with van der Waals surface area (Å²) in [6.45, 7) is 1.42. The summed E-state index contributed by atoms with van der Waals surface area (Å²) in [5.41, 5.74) is -1.25. The molecule has 0 heterocycles. The van der Waals surface area contributed by atoms with Crippen LogP contribution in [0, 0.1) is 17.5 Å². The van der Waals surface area contributed by atoms with Gasteiger partial charge in [-0.05, 0) is 25.5 Å². The number of rotatable bonds is 9. The van der Waals surface area contributed by atoms with Crippen molar-refractivity contribution in [2.24, 2.45) is 0 Å². The van der Waals surface area contributed by atoms with Crippen LogP contribution in [0.25, 0.3) is 0 Å². The number of amides is 2. The summed E-state index contributed by atoms with van der Waals surface area (Å²) in [7, 11) is -0.302. The van der Waals surface area contributed by atoms with E-state index in [1.54, 1.807) is 6.92 Å². The van der Waals surface area contributed by atoms with Crippen LogP contribution in [0.4, 0.5) is 32.6 Å². The second-order valence-electron chi connectivity index (χ2n) is 4.97. The van der Waals surface area contributed by atoms with E-state index in [1.807, 2.05) is 0 Å². The quantitative estimate of drug-likeness (QED) is 0.273. The molecule has 0 bridgehead atoms. The van der Waals surface area contributed by atoms with E-state index in [0.717, 1.165) is 0 Å². The molecule has 0 aliphatic rings. The van der Waals surface area contributed by atoms with E-state index in [9.17, 15) is 26.9 Å². The van der Waals surface area contributed by atoms with Gasteiger partial charge in [0, 0.05) is 26.9 Å².